The maximum atomic E-state index is 12.1. The Morgan fingerprint density at radius 1 is 1.47 bits per heavy atom. The number of methoxy groups -OCH3 is 1. The number of ether oxygens (including phenoxy) is 1. The van der Waals surface area contributed by atoms with Gasteiger partial charge in [0, 0.05) is 38.2 Å². The van der Waals surface area contributed by atoms with Crippen molar-refractivity contribution in [3.05, 3.63) is 35.4 Å². The largest absolute Gasteiger partial charge is 0.395 e. The summed E-state index contributed by atoms with van der Waals surface area (Å²) < 4.78 is 4.95. The van der Waals surface area contributed by atoms with Crippen LogP contribution >= 0.6 is 0 Å². The van der Waals surface area contributed by atoms with Gasteiger partial charge in [-0.3, -0.25) is 4.79 Å². The van der Waals surface area contributed by atoms with Gasteiger partial charge in [-0.05, 0) is 18.2 Å². The average molecular weight is 261 g/mol. The lowest BCUT2D eigenvalue weighted by atomic mass is 10.1. The summed E-state index contributed by atoms with van der Waals surface area (Å²) in [7, 11) is 3.35. The van der Waals surface area contributed by atoms with Gasteiger partial charge in [-0.2, -0.15) is 0 Å². The second-order valence-corrected chi connectivity index (χ2v) is 4.08. The summed E-state index contributed by atoms with van der Waals surface area (Å²) in [6, 6.07) is 7.18. The van der Waals surface area contributed by atoms with Crippen LogP contribution in [0.15, 0.2) is 24.3 Å². The minimum absolute atomic E-state index is 0.0470. The van der Waals surface area contributed by atoms with Crippen molar-refractivity contribution in [2.24, 2.45) is 0 Å². The van der Waals surface area contributed by atoms with Gasteiger partial charge in [0.05, 0.1) is 13.2 Å². The molecule has 0 aliphatic heterocycles. The first-order valence-electron chi connectivity index (χ1n) is 6.13. The Hall–Kier alpha value is -1.83. The summed E-state index contributed by atoms with van der Waals surface area (Å²) in [6.07, 6.45) is 0.436. The van der Waals surface area contributed by atoms with E-state index in [4.69, 9.17) is 9.84 Å². The molecule has 19 heavy (non-hydrogen) atoms. The van der Waals surface area contributed by atoms with Crippen LogP contribution in [0.2, 0.25) is 0 Å². The van der Waals surface area contributed by atoms with Crippen molar-refractivity contribution in [3.8, 4) is 11.8 Å². The van der Waals surface area contributed by atoms with E-state index in [2.05, 4.69) is 11.8 Å². The van der Waals surface area contributed by atoms with Gasteiger partial charge in [0.25, 0.3) is 5.91 Å². The molecule has 1 amide bonds. The third-order valence-electron chi connectivity index (χ3n) is 2.56. The van der Waals surface area contributed by atoms with Gasteiger partial charge in [0.2, 0.25) is 0 Å². The summed E-state index contributed by atoms with van der Waals surface area (Å²) in [5.74, 6) is 5.70. The Balaban J connectivity index is 2.76. The maximum Gasteiger partial charge on any atom is 0.253 e. The third kappa shape index (κ3) is 5.12. The molecule has 0 heterocycles. The Morgan fingerprint density at radius 3 is 2.95 bits per heavy atom. The number of hydrogen-bond acceptors (Lipinski definition) is 3. The Kier molecular flexibility index (Phi) is 6.65. The van der Waals surface area contributed by atoms with E-state index in [1.807, 2.05) is 6.07 Å². The van der Waals surface area contributed by atoms with E-state index in [0.717, 1.165) is 5.56 Å². The first-order chi connectivity index (χ1) is 9.19. The summed E-state index contributed by atoms with van der Waals surface area (Å²) >= 11 is 0. The van der Waals surface area contributed by atoms with Crippen molar-refractivity contribution in [1.29, 1.82) is 0 Å². The van der Waals surface area contributed by atoms with Crippen molar-refractivity contribution in [1.82, 2.24) is 4.90 Å². The van der Waals surface area contributed by atoms with E-state index in [0.29, 0.717) is 25.1 Å². The van der Waals surface area contributed by atoms with E-state index < -0.39 is 0 Å². The monoisotopic (exact) mass is 261 g/mol. The molecule has 0 aliphatic carbocycles. The van der Waals surface area contributed by atoms with Gasteiger partial charge in [-0.15, -0.1) is 0 Å². The van der Waals surface area contributed by atoms with E-state index in [1.54, 1.807) is 37.3 Å². The van der Waals surface area contributed by atoms with Crippen molar-refractivity contribution < 1.29 is 14.6 Å². The summed E-state index contributed by atoms with van der Waals surface area (Å²) in [6.45, 7) is 1.11. The molecule has 0 fully saturated rings. The highest BCUT2D eigenvalue weighted by Gasteiger charge is 2.11. The van der Waals surface area contributed by atoms with E-state index in [1.165, 1.54) is 0 Å². The number of benzene rings is 1. The average Bonchev–Trinajstić information content (AvgIpc) is 2.44. The number of hydrogen-bond donors (Lipinski definition) is 1. The number of carbonyl (C=O) groups is 1. The Morgan fingerprint density at radius 2 is 2.26 bits per heavy atom. The fourth-order valence-corrected chi connectivity index (χ4v) is 1.50. The number of carbonyl (C=O) groups excluding carboxylic acids is 1. The molecule has 0 atom stereocenters. The standard InChI is InChI=1S/C15H19NO3/c1-16(9-11-19-2)15(18)14-8-5-7-13(12-14)6-3-4-10-17/h5,7-8,12,17H,4,9-11H2,1-2H3. The van der Waals surface area contributed by atoms with Gasteiger partial charge in [0.1, 0.15) is 0 Å². The highest BCUT2D eigenvalue weighted by Crippen LogP contribution is 2.07. The third-order valence-corrected chi connectivity index (χ3v) is 2.56. The predicted octanol–water partition coefficient (Wildman–Crippen LogP) is 1.14. The second kappa shape index (κ2) is 8.30. The molecular weight excluding hydrogens is 242 g/mol. The van der Waals surface area contributed by atoms with Gasteiger partial charge in [0.15, 0.2) is 0 Å². The topological polar surface area (TPSA) is 49.8 Å². The number of amides is 1. The number of likely N-dealkylation sites (N-methyl/N-ethyl adjacent to an activating group) is 1. The first kappa shape index (κ1) is 15.2. The lowest BCUT2D eigenvalue weighted by Crippen LogP contribution is -2.29. The normalized spacial score (nSPS) is 9.63. The zero-order valence-electron chi connectivity index (χ0n) is 11.3. The molecule has 1 aromatic carbocycles. The van der Waals surface area contributed by atoms with Crippen LogP contribution in [0.4, 0.5) is 0 Å². The fraction of sp³-hybridized carbons (Fsp3) is 0.400. The van der Waals surface area contributed by atoms with Gasteiger partial charge < -0.3 is 14.7 Å². The lowest BCUT2D eigenvalue weighted by molar-refractivity contribution is 0.0744. The molecule has 0 saturated carbocycles. The van der Waals surface area contributed by atoms with E-state index >= 15 is 0 Å². The second-order valence-electron chi connectivity index (χ2n) is 4.08. The molecule has 4 nitrogen and oxygen atoms in total. The fourth-order valence-electron chi connectivity index (χ4n) is 1.50. The SMILES string of the molecule is COCCN(C)C(=O)c1cccc(C#CCCO)c1. The van der Waals surface area contributed by atoms with Crippen LogP contribution in [0, 0.1) is 11.8 Å². The number of aliphatic hydroxyl groups excluding tert-OH is 1. The van der Waals surface area contributed by atoms with Crippen molar-refractivity contribution in [2.75, 3.05) is 33.9 Å². The number of aliphatic hydroxyl groups is 1. The van der Waals surface area contributed by atoms with E-state index in [-0.39, 0.29) is 12.5 Å². The van der Waals surface area contributed by atoms with Gasteiger partial charge in [-0.1, -0.05) is 17.9 Å². The quantitative estimate of drug-likeness (QED) is 0.809. The molecule has 0 radical (unpaired) electrons. The Labute approximate surface area is 114 Å². The van der Waals surface area contributed by atoms with Crippen LogP contribution < -0.4 is 0 Å². The molecule has 0 saturated heterocycles. The lowest BCUT2D eigenvalue weighted by Gasteiger charge is -2.16. The van der Waals surface area contributed by atoms with Gasteiger partial charge in [-0.25, -0.2) is 0 Å². The molecule has 1 rings (SSSR count). The van der Waals surface area contributed by atoms with Crippen molar-refractivity contribution in [2.45, 2.75) is 6.42 Å². The molecule has 0 aliphatic rings. The van der Waals surface area contributed by atoms with Crippen LogP contribution in [0.3, 0.4) is 0 Å². The van der Waals surface area contributed by atoms with Crippen molar-refractivity contribution >= 4 is 5.91 Å². The molecule has 4 heteroatoms. The molecular formula is C15H19NO3. The summed E-state index contributed by atoms with van der Waals surface area (Å²) in [5, 5.41) is 8.67. The van der Waals surface area contributed by atoms with Crippen molar-refractivity contribution in [3.63, 3.8) is 0 Å². The molecule has 0 spiro atoms. The maximum absolute atomic E-state index is 12.1. The van der Waals surface area contributed by atoms with Crippen LogP contribution in [-0.2, 0) is 4.74 Å². The van der Waals surface area contributed by atoms with Crippen LogP contribution in [0.1, 0.15) is 22.3 Å². The van der Waals surface area contributed by atoms with E-state index in [9.17, 15) is 4.79 Å². The summed E-state index contributed by atoms with van der Waals surface area (Å²) in [5.41, 5.74) is 1.38. The van der Waals surface area contributed by atoms with Gasteiger partial charge >= 0.3 is 0 Å². The zero-order chi connectivity index (χ0) is 14.1. The first-order valence-corrected chi connectivity index (χ1v) is 6.13. The summed E-state index contributed by atoms with van der Waals surface area (Å²) in [4.78, 5) is 13.7. The zero-order valence-corrected chi connectivity index (χ0v) is 11.3. The molecule has 0 bridgehead atoms. The van der Waals surface area contributed by atoms with Crippen LogP contribution in [-0.4, -0.2) is 49.8 Å². The number of rotatable bonds is 5. The highest BCUT2D eigenvalue weighted by atomic mass is 16.5. The molecule has 0 aromatic heterocycles. The van der Waals surface area contributed by atoms with Crippen LogP contribution in [0.25, 0.3) is 0 Å². The van der Waals surface area contributed by atoms with Crippen LogP contribution in [0.5, 0.6) is 0 Å². The molecule has 1 aromatic rings. The molecule has 102 valence electrons. The predicted molar refractivity (Wildman–Crippen MR) is 73.9 cm³/mol. The molecule has 0 unspecified atom stereocenters. The Bertz CT molecular complexity index is 474. The minimum atomic E-state index is -0.0529. The highest BCUT2D eigenvalue weighted by molar-refractivity contribution is 5.94. The smallest absolute Gasteiger partial charge is 0.253 e. The molecule has 1 N–H and O–H groups in total. The minimum Gasteiger partial charge on any atom is -0.395 e. The number of nitrogens with zero attached hydrogens (tertiary/aromatic N) is 1.